The Bertz CT molecular complexity index is 333. The first kappa shape index (κ1) is 11.5. The lowest BCUT2D eigenvalue weighted by molar-refractivity contribution is 0.194. The van der Waals surface area contributed by atoms with Crippen molar-refractivity contribution < 1.29 is 4.74 Å². The van der Waals surface area contributed by atoms with Crippen LogP contribution in [-0.2, 0) is 4.74 Å². The van der Waals surface area contributed by atoms with E-state index in [0.717, 1.165) is 26.0 Å². The second-order valence-electron chi connectivity index (χ2n) is 3.14. The third kappa shape index (κ3) is 3.96. The lowest BCUT2D eigenvalue weighted by atomic mass is 10.2. The first-order valence-electron chi connectivity index (χ1n) is 4.96. The van der Waals surface area contributed by atoms with E-state index >= 15 is 0 Å². The van der Waals surface area contributed by atoms with Gasteiger partial charge in [-0.2, -0.15) is 5.26 Å². The number of unbranched alkanes of at least 4 members (excludes halogenated alkanes) is 1. The molecule has 1 aromatic rings. The number of aromatic nitrogens is 1. The van der Waals surface area contributed by atoms with E-state index in [4.69, 9.17) is 10.00 Å². The molecule has 1 aromatic heterocycles. The van der Waals surface area contributed by atoms with E-state index in [2.05, 4.69) is 16.4 Å². The van der Waals surface area contributed by atoms with Crippen LogP contribution in [0.25, 0.3) is 0 Å². The summed E-state index contributed by atoms with van der Waals surface area (Å²) in [6.07, 6.45) is 3.70. The highest BCUT2D eigenvalue weighted by Gasteiger charge is 2.00. The minimum atomic E-state index is 0.587. The maximum Gasteiger partial charge on any atom is 0.143 e. The van der Waals surface area contributed by atoms with Gasteiger partial charge in [-0.25, -0.2) is 4.98 Å². The van der Waals surface area contributed by atoms with Crippen LogP contribution < -0.4 is 5.32 Å². The van der Waals surface area contributed by atoms with E-state index in [1.165, 1.54) is 0 Å². The predicted octanol–water partition coefficient (Wildman–Crippen LogP) is 1.79. The minimum Gasteiger partial charge on any atom is -0.385 e. The summed E-state index contributed by atoms with van der Waals surface area (Å²) < 4.78 is 4.94. The molecular weight excluding hydrogens is 190 g/mol. The van der Waals surface area contributed by atoms with Gasteiger partial charge in [0.2, 0.25) is 0 Å². The molecule has 1 N–H and O–H groups in total. The number of hydrogen-bond donors (Lipinski definition) is 1. The number of ether oxygens (including phenoxy) is 1. The molecule has 0 bridgehead atoms. The minimum absolute atomic E-state index is 0.587. The number of nitrogens with one attached hydrogen (secondary N) is 1. The standard InChI is InChI=1S/C11H15N3O/c1-15-8-3-2-6-13-11-10(9-12)5-4-7-14-11/h4-5,7H,2-3,6,8H2,1H3,(H,13,14). The van der Waals surface area contributed by atoms with Gasteiger partial charge in [-0.1, -0.05) is 0 Å². The van der Waals surface area contributed by atoms with Gasteiger partial charge in [-0.3, -0.25) is 0 Å². The third-order valence-corrected chi connectivity index (χ3v) is 2.00. The van der Waals surface area contributed by atoms with Gasteiger partial charge in [0.1, 0.15) is 11.9 Å². The summed E-state index contributed by atoms with van der Waals surface area (Å²) in [6, 6.07) is 5.61. The number of pyridine rings is 1. The average molecular weight is 205 g/mol. The molecule has 1 heterocycles. The quantitative estimate of drug-likeness (QED) is 0.719. The van der Waals surface area contributed by atoms with E-state index in [9.17, 15) is 0 Å². The Morgan fingerprint density at radius 3 is 3.13 bits per heavy atom. The van der Waals surface area contributed by atoms with Crippen LogP contribution in [0.1, 0.15) is 18.4 Å². The Balaban J connectivity index is 2.34. The van der Waals surface area contributed by atoms with Crippen molar-refractivity contribution in [1.82, 2.24) is 4.98 Å². The molecule has 0 aliphatic carbocycles. The molecule has 0 aliphatic rings. The highest BCUT2D eigenvalue weighted by atomic mass is 16.5. The van der Waals surface area contributed by atoms with Crippen LogP contribution in [0.2, 0.25) is 0 Å². The van der Waals surface area contributed by atoms with E-state index < -0.39 is 0 Å². The fraction of sp³-hybridized carbons (Fsp3) is 0.455. The molecule has 15 heavy (non-hydrogen) atoms. The molecule has 0 radical (unpaired) electrons. The van der Waals surface area contributed by atoms with Crippen molar-refractivity contribution >= 4 is 5.82 Å². The molecule has 4 nitrogen and oxygen atoms in total. The zero-order chi connectivity index (χ0) is 10.9. The third-order valence-electron chi connectivity index (χ3n) is 2.00. The van der Waals surface area contributed by atoms with Crippen molar-refractivity contribution in [2.24, 2.45) is 0 Å². The number of nitriles is 1. The summed E-state index contributed by atoms with van der Waals surface area (Å²) in [5.41, 5.74) is 0.587. The van der Waals surface area contributed by atoms with E-state index in [1.807, 2.05) is 0 Å². The van der Waals surface area contributed by atoms with Gasteiger partial charge in [-0.15, -0.1) is 0 Å². The topological polar surface area (TPSA) is 57.9 Å². The Labute approximate surface area is 89.9 Å². The SMILES string of the molecule is COCCCCNc1ncccc1C#N. The Morgan fingerprint density at radius 2 is 2.40 bits per heavy atom. The van der Waals surface area contributed by atoms with E-state index in [-0.39, 0.29) is 0 Å². The van der Waals surface area contributed by atoms with E-state index in [1.54, 1.807) is 25.4 Å². The maximum absolute atomic E-state index is 8.81. The van der Waals surface area contributed by atoms with Crippen LogP contribution in [0.4, 0.5) is 5.82 Å². The molecule has 1 rings (SSSR count). The van der Waals surface area contributed by atoms with Crippen molar-refractivity contribution in [3.8, 4) is 6.07 Å². The lowest BCUT2D eigenvalue weighted by Gasteiger charge is -2.05. The molecule has 0 atom stereocenters. The van der Waals surface area contributed by atoms with Crippen molar-refractivity contribution in [2.75, 3.05) is 25.6 Å². The smallest absolute Gasteiger partial charge is 0.143 e. The molecule has 0 fully saturated rings. The van der Waals surface area contributed by atoms with Gasteiger partial charge in [-0.05, 0) is 25.0 Å². The molecule has 0 spiro atoms. The molecule has 0 aliphatic heterocycles. The highest BCUT2D eigenvalue weighted by Crippen LogP contribution is 2.09. The second-order valence-corrected chi connectivity index (χ2v) is 3.14. The summed E-state index contributed by atoms with van der Waals surface area (Å²) in [4.78, 5) is 4.10. The van der Waals surface area contributed by atoms with Crippen molar-refractivity contribution in [3.63, 3.8) is 0 Å². The van der Waals surface area contributed by atoms with Gasteiger partial charge in [0.25, 0.3) is 0 Å². The maximum atomic E-state index is 8.81. The number of nitrogens with zero attached hydrogens (tertiary/aromatic N) is 2. The Kier molecular flexibility index (Phi) is 5.20. The van der Waals surface area contributed by atoms with Crippen molar-refractivity contribution in [3.05, 3.63) is 23.9 Å². The summed E-state index contributed by atoms with van der Waals surface area (Å²) >= 11 is 0. The number of anilines is 1. The first-order chi connectivity index (χ1) is 7.38. The molecular formula is C11H15N3O. The van der Waals surface area contributed by atoms with Crippen LogP contribution >= 0.6 is 0 Å². The zero-order valence-corrected chi connectivity index (χ0v) is 8.86. The summed E-state index contributed by atoms with van der Waals surface area (Å²) in [5.74, 6) is 0.664. The van der Waals surface area contributed by atoms with Gasteiger partial charge >= 0.3 is 0 Å². The normalized spacial score (nSPS) is 9.60. The fourth-order valence-corrected chi connectivity index (χ4v) is 1.21. The predicted molar refractivity (Wildman–Crippen MR) is 58.6 cm³/mol. The largest absolute Gasteiger partial charge is 0.385 e. The Morgan fingerprint density at radius 1 is 1.53 bits per heavy atom. The molecule has 4 heteroatoms. The molecule has 80 valence electrons. The van der Waals surface area contributed by atoms with Crippen LogP contribution in [0, 0.1) is 11.3 Å². The van der Waals surface area contributed by atoms with Gasteiger partial charge in [0, 0.05) is 26.5 Å². The molecule has 0 unspecified atom stereocenters. The molecule has 0 saturated carbocycles. The van der Waals surface area contributed by atoms with Crippen molar-refractivity contribution in [2.45, 2.75) is 12.8 Å². The highest BCUT2D eigenvalue weighted by molar-refractivity contribution is 5.50. The van der Waals surface area contributed by atoms with Gasteiger partial charge in [0.05, 0.1) is 5.56 Å². The summed E-state index contributed by atoms with van der Waals surface area (Å²) in [7, 11) is 1.69. The van der Waals surface area contributed by atoms with Gasteiger partial charge in [0.15, 0.2) is 0 Å². The number of methoxy groups -OCH3 is 1. The van der Waals surface area contributed by atoms with Crippen LogP contribution in [-0.4, -0.2) is 25.2 Å². The molecule has 0 amide bonds. The number of rotatable bonds is 6. The lowest BCUT2D eigenvalue weighted by Crippen LogP contribution is -2.05. The first-order valence-corrected chi connectivity index (χ1v) is 4.96. The van der Waals surface area contributed by atoms with Crippen LogP contribution in [0.5, 0.6) is 0 Å². The Hall–Kier alpha value is -1.60. The molecule has 0 saturated heterocycles. The van der Waals surface area contributed by atoms with Crippen LogP contribution in [0.15, 0.2) is 18.3 Å². The number of hydrogen-bond acceptors (Lipinski definition) is 4. The fourth-order valence-electron chi connectivity index (χ4n) is 1.21. The van der Waals surface area contributed by atoms with Crippen LogP contribution in [0.3, 0.4) is 0 Å². The van der Waals surface area contributed by atoms with Crippen molar-refractivity contribution in [1.29, 1.82) is 5.26 Å². The van der Waals surface area contributed by atoms with Gasteiger partial charge < -0.3 is 10.1 Å². The zero-order valence-electron chi connectivity index (χ0n) is 8.86. The second kappa shape index (κ2) is 6.80. The van der Waals surface area contributed by atoms with E-state index in [0.29, 0.717) is 11.4 Å². The summed E-state index contributed by atoms with van der Waals surface area (Å²) in [5, 5.41) is 11.9. The monoisotopic (exact) mass is 205 g/mol. The molecule has 0 aromatic carbocycles. The summed E-state index contributed by atoms with van der Waals surface area (Å²) in [6.45, 7) is 1.59. The average Bonchev–Trinajstić information content (AvgIpc) is 2.29.